The lowest BCUT2D eigenvalue weighted by Crippen LogP contribution is -2.01. The Balaban J connectivity index is 2.50. The van der Waals surface area contributed by atoms with Crippen molar-refractivity contribution in [1.82, 2.24) is 4.98 Å². The van der Waals surface area contributed by atoms with Crippen LogP contribution in [-0.2, 0) is 19.3 Å². The topological polar surface area (TPSA) is 22.1 Å². The quantitative estimate of drug-likeness (QED) is 0.631. The van der Waals surface area contributed by atoms with E-state index in [1.165, 1.54) is 35.1 Å². The summed E-state index contributed by atoms with van der Waals surface area (Å²) in [5.41, 5.74) is 6.29. The highest BCUT2D eigenvalue weighted by atomic mass is 16.5. The van der Waals surface area contributed by atoms with Gasteiger partial charge in [-0.1, -0.05) is 45.4 Å². The normalized spacial score (nSPS) is 10.8. The molecule has 0 spiro atoms. The van der Waals surface area contributed by atoms with Gasteiger partial charge in [-0.15, -0.1) is 0 Å². The first-order valence-corrected chi connectivity index (χ1v) is 8.97. The van der Waals surface area contributed by atoms with Crippen molar-refractivity contribution in [1.29, 1.82) is 0 Å². The van der Waals surface area contributed by atoms with Crippen molar-refractivity contribution in [3.8, 4) is 17.0 Å². The molecule has 23 heavy (non-hydrogen) atoms. The van der Waals surface area contributed by atoms with Gasteiger partial charge in [0.05, 0.1) is 12.3 Å². The molecule has 1 aromatic heterocycles. The molecule has 0 amide bonds. The molecule has 0 saturated carbocycles. The van der Waals surface area contributed by atoms with Gasteiger partial charge in [-0.05, 0) is 43.7 Å². The number of unbranched alkanes of at least 4 members (excludes halogenated alkanes) is 1. The maximum absolute atomic E-state index is 5.90. The summed E-state index contributed by atoms with van der Waals surface area (Å²) < 4.78 is 5.90. The minimum atomic E-state index is 0.693. The second-order valence-electron chi connectivity index (χ2n) is 5.87. The molecule has 0 aliphatic rings. The Kier molecular flexibility index (Phi) is 6.64. The molecule has 0 aliphatic carbocycles. The lowest BCUT2D eigenvalue weighted by molar-refractivity contribution is 0.336. The summed E-state index contributed by atoms with van der Waals surface area (Å²) in [6.45, 7) is 9.36. The Morgan fingerprint density at radius 1 is 0.957 bits per heavy atom. The molecular weight excluding hydrogens is 282 g/mol. The van der Waals surface area contributed by atoms with Gasteiger partial charge >= 0.3 is 0 Å². The number of aryl methyl sites for hydroxylation is 3. The monoisotopic (exact) mass is 311 g/mol. The molecular formula is C21H29NO. The fourth-order valence-electron chi connectivity index (χ4n) is 3.02. The molecule has 0 aliphatic heterocycles. The van der Waals surface area contributed by atoms with Crippen LogP contribution in [-0.4, -0.2) is 11.6 Å². The van der Waals surface area contributed by atoms with Crippen molar-refractivity contribution in [3.05, 3.63) is 47.2 Å². The number of ether oxygens (including phenoxy) is 1. The summed E-state index contributed by atoms with van der Waals surface area (Å²) in [6, 6.07) is 8.71. The van der Waals surface area contributed by atoms with E-state index < -0.39 is 0 Å². The van der Waals surface area contributed by atoms with Crippen LogP contribution in [0.2, 0.25) is 0 Å². The minimum Gasteiger partial charge on any atom is -0.493 e. The van der Waals surface area contributed by atoms with Crippen molar-refractivity contribution in [2.24, 2.45) is 0 Å². The zero-order valence-electron chi connectivity index (χ0n) is 15.0. The summed E-state index contributed by atoms with van der Waals surface area (Å²) in [7, 11) is 0. The first-order chi connectivity index (χ1) is 11.2. The van der Waals surface area contributed by atoms with Gasteiger partial charge in [-0.25, -0.2) is 0 Å². The predicted octanol–water partition coefficient (Wildman–Crippen LogP) is 5.61. The number of hydrogen-bond donors (Lipinski definition) is 0. The SMILES string of the molecule is CCCCc1cnc(-c2c(CC)cccc2CC)cc1OCC. The van der Waals surface area contributed by atoms with Crippen molar-refractivity contribution in [2.45, 2.75) is 59.8 Å². The number of nitrogens with zero attached hydrogens (tertiary/aromatic N) is 1. The average molecular weight is 311 g/mol. The molecule has 0 N–H and O–H groups in total. The number of hydrogen-bond acceptors (Lipinski definition) is 2. The molecule has 0 saturated heterocycles. The molecule has 0 unspecified atom stereocenters. The van der Waals surface area contributed by atoms with E-state index in [-0.39, 0.29) is 0 Å². The standard InChI is InChI=1S/C21H29NO/c1-5-9-11-18-15-22-19(14-20(18)23-8-4)21-16(6-2)12-10-13-17(21)7-3/h10,12-15H,5-9,11H2,1-4H3. The first kappa shape index (κ1) is 17.5. The van der Waals surface area contributed by atoms with E-state index in [4.69, 9.17) is 9.72 Å². The van der Waals surface area contributed by atoms with Crippen LogP contribution in [0.5, 0.6) is 5.75 Å². The smallest absolute Gasteiger partial charge is 0.126 e. The Hall–Kier alpha value is -1.83. The third-order valence-electron chi connectivity index (χ3n) is 4.30. The molecule has 2 aromatic rings. The lowest BCUT2D eigenvalue weighted by atomic mass is 9.94. The van der Waals surface area contributed by atoms with Gasteiger partial charge in [0.25, 0.3) is 0 Å². The van der Waals surface area contributed by atoms with Crippen LogP contribution < -0.4 is 4.74 Å². The van der Waals surface area contributed by atoms with Crippen LogP contribution in [0.1, 0.15) is 57.2 Å². The van der Waals surface area contributed by atoms with Crippen molar-refractivity contribution >= 4 is 0 Å². The van der Waals surface area contributed by atoms with E-state index in [1.807, 2.05) is 13.1 Å². The molecule has 1 aromatic carbocycles. The summed E-state index contributed by atoms with van der Waals surface area (Å²) >= 11 is 0. The Morgan fingerprint density at radius 2 is 1.65 bits per heavy atom. The van der Waals surface area contributed by atoms with Crippen molar-refractivity contribution < 1.29 is 4.74 Å². The number of rotatable bonds is 8. The van der Waals surface area contributed by atoms with Crippen LogP contribution in [0.15, 0.2) is 30.5 Å². The third-order valence-corrected chi connectivity index (χ3v) is 4.30. The third kappa shape index (κ3) is 4.13. The van der Waals surface area contributed by atoms with Gasteiger partial charge in [0.1, 0.15) is 5.75 Å². The van der Waals surface area contributed by atoms with Crippen molar-refractivity contribution in [3.63, 3.8) is 0 Å². The minimum absolute atomic E-state index is 0.693. The Labute approximate surface area is 140 Å². The molecule has 2 nitrogen and oxygen atoms in total. The van der Waals surface area contributed by atoms with Gasteiger partial charge in [0.2, 0.25) is 0 Å². The van der Waals surface area contributed by atoms with Gasteiger partial charge in [0, 0.05) is 23.4 Å². The van der Waals surface area contributed by atoms with E-state index in [0.717, 1.165) is 30.7 Å². The first-order valence-electron chi connectivity index (χ1n) is 8.97. The molecule has 2 heteroatoms. The van der Waals surface area contributed by atoms with E-state index in [2.05, 4.69) is 45.0 Å². The predicted molar refractivity (Wildman–Crippen MR) is 98.2 cm³/mol. The largest absolute Gasteiger partial charge is 0.493 e. The van der Waals surface area contributed by atoms with Gasteiger partial charge < -0.3 is 4.74 Å². The molecule has 0 fully saturated rings. The van der Waals surface area contributed by atoms with Crippen LogP contribution in [0.3, 0.4) is 0 Å². The van der Waals surface area contributed by atoms with E-state index in [9.17, 15) is 0 Å². The van der Waals surface area contributed by atoms with E-state index in [0.29, 0.717) is 6.61 Å². The van der Waals surface area contributed by atoms with Gasteiger partial charge in [-0.2, -0.15) is 0 Å². The summed E-state index contributed by atoms with van der Waals surface area (Å²) in [6.07, 6.45) is 7.45. The van der Waals surface area contributed by atoms with Crippen LogP contribution in [0.25, 0.3) is 11.3 Å². The summed E-state index contributed by atoms with van der Waals surface area (Å²) in [4.78, 5) is 4.78. The number of benzene rings is 1. The average Bonchev–Trinajstić information content (AvgIpc) is 2.60. The number of pyridine rings is 1. The Morgan fingerprint density at radius 3 is 2.22 bits per heavy atom. The van der Waals surface area contributed by atoms with Crippen molar-refractivity contribution in [2.75, 3.05) is 6.61 Å². The molecule has 124 valence electrons. The molecule has 0 atom stereocenters. The lowest BCUT2D eigenvalue weighted by Gasteiger charge is -2.16. The van der Waals surface area contributed by atoms with Crippen LogP contribution >= 0.6 is 0 Å². The molecule has 1 heterocycles. The second-order valence-corrected chi connectivity index (χ2v) is 5.87. The fourth-order valence-corrected chi connectivity index (χ4v) is 3.02. The van der Waals surface area contributed by atoms with E-state index >= 15 is 0 Å². The highest BCUT2D eigenvalue weighted by Crippen LogP contribution is 2.31. The summed E-state index contributed by atoms with van der Waals surface area (Å²) in [5, 5.41) is 0. The van der Waals surface area contributed by atoms with Gasteiger partial charge in [-0.3, -0.25) is 4.98 Å². The van der Waals surface area contributed by atoms with Gasteiger partial charge in [0.15, 0.2) is 0 Å². The fraction of sp³-hybridized carbons (Fsp3) is 0.476. The molecule has 2 rings (SSSR count). The summed E-state index contributed by atoms with van der Waals surface area (Å²) in [5.74, 6) is 0.999. The zero-order chi connectivity index (χ0) is 16.7. The maximum atomic E-state index is 5.90. The second kappa shape index (κ2) is 8.71. The maximum Gasteiger partial charge on any atom is 0.126 e. The van der Waals surface area contributed by atoms with Crippen LogP contribution in [0.4, 0.5) is 0 Å². The highest BCUT2D eigenvalue weighted by Gasteiger charge is 2.13. The number of aromatic nitrogens is 1. The zero-order valence-corrected chi connectivity index (χ0v) is 15.0. The van der Waals surface area contributed by atoms with E-state index in [1.54, 1.807) is 0 Å². The highest BCUT2D eigenvalue weighted by molar-refractivity contribution is 5.69. The molecule has 0 radical (unpaired) electrons. The van der Waals surface area contributed by atoms with Crippen LogP contribution in [0, 0.1) is 0 Å². The Bertz CT molecular complexity index is 611. The molecule has 0 bridgehead atoms.